The smallest absolute Gasteiger partial charge is 0.335 e. The fourth-order valence-corrected chi connectivity index (χ4v) is 2.78. The highest BCUT2D eigenvalue weighted by atomic mass is 16.4. The quantitative estimate of drug-likeness (QED) is 0.797. The van der Waals surface area contributed by atoms with E-state index >= 15 is 0 Å². The minimum atomic E-state index is -0.963. The summed E-state index contributed by atoms with van der Waals surface area (Å²) in [6.45, 7) is 4.70. The third-order valence-corrected chi connectivity index (χ3v) is 4.41. The average molecular weight is 290 g/mol. The maximum atomic E-state index is 11.9. The number of benzene rings is 1. The average Bonchev–Trinajstić information content (AvgIpc) is 2.77. The highest BCUT2D eigenvalue weighted by Crippen LogP contribution is 2.30. The third-order valence-electron chi connectivity index (χ3n) is 4.41. The Morgan fingerprint density at radius 1 is 1.29 bits per heavy atom. The van der Waals surface area contributed by atoms with Crippen LogP contribution >= 0.6 is 0 Å². The van der Waals surface area contributed by atoms with E-state index in [4.69, 9.17) is 5.11 Å². The van der Waals surface area contributed by atoms with Crippen LogP contribution in [-0.2, 0) is 6.54 Å². The van der Waals surface area contributed by atoms with Gasteiger partial charge in [-0.05, 0) is 42.4 Å². The summed E-state index contributed by atoms with van der Waals surface area (Å²) in [6, 6.07) is 6.62. The maximum Gasteiger partial charge on any atom is 0.335 e. The van der Waals surface area contributed by atoms with Crippen molar-refractivity contribution >= 4 is 12.0 Å². The van der Waals surface area contributed by atoms with Crippen molar-refractivity contribution in [2.45, 2.75) is 39.3 Å². The number of aromatic carboxylic acids is 1. The van der Waals surface area contributed by atoms with Crippen LogP contribution < -0.4 is 10.6 Å². The Hall–Kier alpha value is -2.04. The number of urea groups is 1. The Balaban J connectivity index is 1.84. The van der Waals surface area contributed by atoms with Gasteiger partial charge in [0.05, 0.1) is 5.56 Å². The molecule has 0 heterocycles. The monoisotopic (exact) mass is 290 g/mol. The lowest BCUT2D eigenvalue weighted by Gasteiger charge is -2.20. The Labute approximate surface area is 124 Å². The van der Waals surface area contributed by atoms with E-state index in [1.165, 1.54) is 6.07 Å². The zero-order chi connectivity index (χ0) is 15.4. The lowest BCUT2D eigenvalue weighted by atomic mass is 9.98. The first-order valence-corrected chi connectivity index (χ1v) is 7.34. The predicted octanol–water partition coefficient (Wildman–Crippen LogP) is 2.62. The molecule has 0 saturated heterocycles. The Bertz CT molecular complexity index is 530. The van der Waals surface area contributed by atoms with E-state index in [1.807, 2.05) is 0 Å². The van der Waals surface area contributed by atoms with E-state index in [9.17, 15) is 9.59 Å². The molecule has 5 nitrogen and oxygen atoms in total. The molecule has 5 heteroatoms. The lowest BCUT2D eigenvalue weighted by molar-refractivity contribution is 0.0696. The first-order valence-electron chi connectivity index (χ1n) is 7.34. The fraction of sp³-hybridized carbons (Fsp3) is 0.500. The van der Waals surface area contributed by atoms with Crippen molar-refractivity contribution in [3.05, 3.63) is 35.4 Å². The molecule has 1 aliphatic carbocycles. The van der Waals surface area contributed by atoms with Crippen molar-refractivity contribution in [1.29, 1.82) is 0 Å². The van der Waals surface area contributed by atoms with Crippen LogP contribution in [-0.4, -0.2) is 23.1 Å². The molecule has 0 aliphatic heterocycles. The van der Waals surface area contributed by atoms with Crippen molar-refractivity contribution < 1.29 is 14.7 Å². The molecule has 2 rings (SSSR count). The van der Waals surface area contributed by atoms with Crippen molar-refractivity contribution in [1.82, 2.24) is 10.6 Å². The molecule has 21 heavy (non-hydrogen) atoms. The van der Waals surface area contributed by atoms with Crippen LogP contribution in [0.15, 0.2) is 24.3 Å². The summed E-state index contributed by atoms with van der Waals surface area (Å²) in [5.41, 5.74) is 1.01. The summed E-state index contributed by atoms with van der Waals surface area (Å²) in [5, 5.41) is 14.7. The first-order chi connectivity index (χ1) is 9.97. The minimum absolute atomic E-state index is 0.193. The number of nitrogens with one attached hydrogen (secondary N) is 2. The molecule has 2 amide bonds. The number of carboxylic acids is 1. The molecule has 3 atom stereocenters. The van der Waals surface area contributed by atoms with Crippen LogP contribution in [0.1, 0.15) is 42.6 Å². The van der Waals surface area contributed by atoms with Crippen LogP contribution in [0.2, 0.25) is 0 Å². The second-order valence-corrected chi connectivity index (χ2v) is 5.85. The molecule has 1 aromatic rings. The standard InChI is InChI=1S/C16H22N2O3/c1-10-6-7-14(11(10)2)18-16(21)17-9-12-4-3-5-13(8-12)15(19)20/h3-5,8,10-11,14H,6-7,9H2,1-2H3,(H,19,20)(H2,17,18,21). The molecule has 0 bridgehead atoms. The molecule has 1 saturated carbocycles. The van der Waals surface area contributed by atoms with Crippen molar-refractivity contribution in [2.75, 3.05) is 0 Å². The zero-order valence-corrected chi connectivity index (χ0v) is 12.4. The van der Waals surface area contributed by atoms with E-state index in [0.717, 1.165) is 18.4 Å². The lowest BCUT2D eigenvalue weighted by Crippen LogP contribution is -2.43. The van der Waals surface area contributed by atoms with E-state index < -0.39 is 5.97 Å². The number of carbonyl (C=O) groups excluding carboxylic acids is 1. The summed E-state index contributed by atoms with van der Waals surface area (Å²) >= 11 is 0. The molecular formula is C16H22N2O3. The van der Waals surface area contributed by atoms with Gasteiger partial charge in [0.25, 0.3) is 0 Å². The van der Waals surface area contributed by atoms with Gasteiger partial charge in [-0.3, -0.25) is 0 Å². The van der Waals surface area contributed by atoms with Crippen LogP contribution in [0.5, 0.6) is 0 Å². The van der Waals surface area contributed by atoms with Gasteiger partial charge in [0, 0.05) is 12.6 Å². The highest BCUT2D eigenvalue weighted by molar-refractivity contribution is 5.87. The van der Waals surface area contributed by atoms with Gasteiger partial charge in [0.2, 0.25) is 0 Å². The Morgan fingerprint density at radius 2 is 2.05 bits per heavy atom. The van der Waals surface area contributed by atoms with Gasteiger partial charge < -0.3 is 15.7 Å². The molecule has 0 aromatic heterocycles. The van der Waals surface area contributed by atoms with Gasteiger partial charge in [-0.1, -0.05) is 26.0 Å². The number of rotatable bonds is 4. The molecule has 1 aromatic carbocycles. The Kier molecular flexibility index (Phi) is 4.83. The number of hydrogen-bond acceptors (Lipinski definition) is 2. The summed E-state index contributed by atoms with van der Waals surface area (Å²) in [7, 11) is 0. The van der Waals surface area contributed by atoms with Gasteiger partial charge in [-0.25, -0.2) is 9.59 Å². The van der Waals surface area contributed by atoms with Crippen LogP contribution in [0.3, 0.4) is 0 Å². The summed E-state index contributed by atoms with van der Waals surface area (Å²) in [4.78, 5) is 22.8. The van der Waals surface area contributed by atoms with Crippen molar-refractivity contribution in [3.8, 4) is 0 Å². The summed E-state index contributed by atoms with van der Waals surface area (Å²) < 4.78 is 0. The van der Waals surface area contributed by atoms with Crippen molar-refractivity contribution in [3.63, 3.8) is 0 Å². The van der Waals surface area contributed by atoms with Gasteiger partial charge in [0.1, 0.15) is 0 Å². The summed E-state index contributed by atoms with van der Waals surface area (Å²) in [5.74, 6) is 0.170. The number of carbonyl (C=O) groups is 2. The first kappa shape index (κ1) is 15.4. The molecule has 0 radical (unpaired) electrons. The van der Waals surface area contributed by atoms with Crippen LogP contribution in [0.4, 0.5) is 4.79 Å². The van der Waals surface area contributed by atoms with E-state index in [-0.39, 0.29) is 17.6 Å². The summed E-state index contributed by atoms with van der Waals surface area (Å²) in [6.07, 6.45) is 2.16. The third kappa shape index (κ3) is 3.97. The SMILES string of the molecule is CC1CCC(NC(=O)NCc2cccc(C(=O)O)c2)C1C. The second-order valence-electron chi connectivity index (χ2n) is 5.85. The Morgan fingerprint density at radius 3 is 2.67 bits per heavy atom. The van der Waals surface area contributed by atoms with Gasteiger partial charge in [-0.2, -0.15) is 0 Å². The molecular weight excluding hydrogens is 268 g/mol. The van der Waals surface area contributed by atoms with Crippen molar-refractivity contribution in [2.24, 2.45) is 11.8 Å². The molecule has 3 unspecified atom stereocenters. The minimum Gasteiger partial charge on any atom is -0.478 e. The maximum absolute atomic E-state index is 11.9. The second kappa shape index (κ2) is 6.61. The molecule has 1 fully saturated rings. The van der Waals surface area contributed by atoms with Crippen LogP contribution in [0.25, 0.3) is 0 Å². The molecule has 3 N–H and O–H groups in total. The fourth-order valence-electron chi connectivity index (χ4n) is 2.78. The van der Waals surface area contributed by atoms with E-state index in [0.29, 0.717) is 18.4 Å². The largest absolute Gasteiger partial charge is 0.478 e. The van der Waals surface area contributed by atoms with Crippen LogP contribution in [0, 0.1) is 11.8 Å². The van der Waals surface area contributed by atoms with E-state index in [2.05, 4.69) is 24.5 Å². The van der Waals surface area contributed by atoms with Gasteiger partial charge >= 0.3 is 12.0 Å². The number of carboxylic acid groups (broad SMARTS) is 1. The van der Waals surface area contributed by atoms with E-state index in [1.54, 1.807) is 18.2 Å². The normalized spacial score (nSPS) is 24.6. The molecule has 114 valence electrons. The topological polar surface area (TPSA) is 78.4 Å². The predicted molar refractivity (Wildman–Crippen MR) is 80.1 cm³/mol. The van der Waals surface area contributed by atoms with Gasteiger partial charge in [0.15, 0.2) is 0 Å². The molecule has 0 spiro atoms. The van der Waals surface area contributed by atoms with Gasteiger partial charge in [-0.15, -0.1) is 0 Å². The highest BCUT2D eigenvalue weighted by Gasteiger charge is 2.30. The molecule has 1 aliphatic rings. The number of hydrogen-bond donors (Lipinski definition) is 3. The number of amides is 2. The zero-order valence-electron chi connectivity index (χ0n) is 12.4.